The van der Waals surface area contributed by atoms with Crippen molar-refractivity contribution in [3.8, 4) is 0 Å². The molecule has 1 unspecified atom stereocenters. The van der Waals surface area contributed by atoms with Crippen molar-refractivity contribution >= 4 is 22.5 Å². The fraction of sp³-hybridized carbons (Fsp3) is 0.375. The van der Waals surface area contributed by atoms with Crippen molar-refractivity contribution in [2.75, 3.05) is 12.4 Å². The Kier molecular flexibility index (Phi) is 4.40. The lowest BCUT2D eigenvalue weighted by Crippen LogP contribution is -2.41. The minimum Gasteiger partial charge on any atom is -0.373 e. The zero-order valence-corrected chi connectivity index (χ0v) is 12.7. The van der Waals surface area contributed by atoms with Gasteiger partial charge in [0.25, 0.3) is 0 Å². The van der Waals surface area contributed by atoms with Gasteiger partial charge in [-0.2, -0.15) is 0 Å². The number of hydrogen-bond acceptors (Lipinski definition) is 3. The van der Waals surface area contributed by atoms with Crippen LogP contribution in [0.25, 0.3) is 10.9 Å². The zero-order chi connectivity index (χ0) is 15.6. The molecule has 2 aromatic rings. The summed E-state index contributed by atoms with van der Waals surface area (Å²) >= 11 is 0. The van der Waals surface area contributed by atoms with Gasteiger partial charge in [-0.15, -0.1) is 0 Å². The van der Waals surface area contributed by atoms with Gasteiger partial charge in [-0.05, 0) is 37.1 Å². The summed E-state index contributed by atoms with van der Waals surface area (Å²) in [5.41, 5.74) is 2.24. The number of pyridine rings is 1. The fourth-order valence-electron chi connectivity index (χ4n) is 2.31. The van der Waals surface area contributed by atoms with E-state index in [1.807, 2.05) is 26.8 Å². The third-order valence-electron chi connectivity index (χ3n) is 3.41. The molecule has 1 atom stereocenters. The minimum absolute atomic E-state index is 0.0935. The monoisotopic (exact) mass is 289 g/mol. The molecule has 1 aromatic heterocycles. The Labute approximate surface area is 123 Å². The number of nitrogens with zero attached hydrogens (tertiary/aromatic N) is 1. The number of fused-ring (bicyclic) bond motifs is 1. The molecule has 1 amide bonds. The Morgan fingerprint density at radius 2 is 2.00 bits per heavy atom. The number of carbonyl (C=O) groups is 1. The molecule has 0 aliphatic rings. The number of anilines is 1. The first-order valence-corrected chi connectivity index (χ1v) is 6.97. The van der Waals surface area contributed by atoms with E-state index in [1.54, 1.807) is 13.1 Å². The Bertz CT molecular complexity index is 670. The summed E-state index contributed by atoms with van der Waals surface area (Å²) in [5.74, 6) is -0.316. The average molecular weight is 289 g/mol. The lowest BCUT2D eigenvalue weighted by Gasteiger charge is -2.23. The van der Waals surface area contributed by atoms with Crippen LogP contribution in [0.2, 0.25) is 0 Å². The van der Waals surface area contributed by atoms with E-state index in [-0.39, 0.29) is 23.7 Å². The van der Waals surface area contributed by atoms with Gasteiger partial charge in [0.2, 0.25) is 5.91 Å². The van der Waals surface area contributed by atoms with Gasteiger partial charge < -0.3 is 10.6 Å². The molecule has 0 bridgehead atoms. The van der Waals surface area contributed by atoms with E-state index in [2.05, 4.69) is 15.6 Å². The van der Waals surface area contributed by atoms with E-state index in [1.165, 1.54) is 12.1 Å². The predicted molar refractivity (Wildman–Crippen MR) is 82.8 cm³/mol. The Balaban J connectivity index is 2.49. The van der Waals surface area contributed by atoms with Gasteiger partial charge in [-0.25, -0.2) is 4.39 Å². The molecule has 4 nitrogen and oxygen atoms in total. The lowest BCUT2D eigenvalue weighted by molar-refractivity contribution is -0.122. The maximum Gasteiger partial charge on any atom is 0.242 e. The summed E-state index contributed by atoms with van der Waals surface area (Å²) in [6.07, 6.45) is 0. The zero-order valence-electron chi connectivity index (χ0n) is 12.7. The molecule has 0 saturated heterocycles. The molecular weight excluding hydrogens is 269 g/mol. The van der Waals surface area contributed by atoms with E-state index >= 15 is 0 Å². The van der Waals surface area contributed by atoms with E-state index < -0.39 is 0 Å². The summed E-state index contributed by atoms with van der Waals surface area (Å²) in [7, 11) is 1.61. The second-order valence-electron chi connectivity index (χ2n) is 5.45. The molecule has 0 spiro atoms. The molecule has 0 fully saturated rings. The van der Waals surface area contributed by atoms with Crippen LogP contribution in [0, 0.1) is 18.7 Å². The van der Waals surface area contributed by atoms with E-state index in [0.717, 1.165) is 11.4 Å². The number of hydrogen-bond donors (Lipinski definition) is 2. The molecule has 0 saturated carbocycles. The fourth-order valence-corrected chi connectivity index (χ4v) is 2.31. The largest absolute Gasteiger partial charge is 0.373 e. The molecule has 0 radical (unpaired) electrons. The number of nitrogens with one attached hydrogen (secondary N) is 2. The van der Waals surface area contributed by atoms with Crippen LogP contribution in [0.5, 0.6) is 0 Å². The highest BCUT2D eigenvalue weighted by molar-refractivity contribution is 5.94. The Morgan fingerprint density at radius 3 is 2.62 bits per heavy atom. The second kappa shape index (κ2) is 6.08. The Morgan fingerprint density at radius 1 is 1.29 bits per heavy atom. The standard InChI is InChI=1S/C16H20FN3O/c1-9(2)15(16(21)18-4)20-14-7-10(3)19-13-6-5-11(17)8-12(13)14/h5-9,15H,1-4H3,(H,18,21)(H,19,20). The normalized spacial score (nSPS) is 12.5. The first-order valence-electron chi connectivity index (χ1n) is 6.97. The van der Waals surface area contributed by atoms with Gasteiger partial charge in [-0.1, -0.05) is 13.8 Å². The van der Waals surface area contributed by atoms with Crippen LogP contribution < -0.4 is 10.6 Å². The van der Waals surface area contributed by atoms with Gasteiger partial charge in [0.1, 0.15) is 11.9 Å². The van der Waals surface area contributed by atoms with Gasteiger partial charge >= 0.3 is 0 Å². The van der Waals surface area contributed by atoms with Gasteiger partial charge in [-0.3, -0.25) is 9.78 Å². The number of aromatic nitrogens is 1. The smallest absolute Gasteiger partial charge is 0.242 e. The quantitative estimate of drug-likeness (QED) is 0.910. The molecule has 2 N–H and O–H groups in total. The SMILES string of the molecule is CNC(=O)C(Nc1cc(C)nc2ccc(F)cc12)C(C)C. The van der Waals surface area contributed by atoms with Crippen molar-refractivity contribution in [1.82, 2.24) is 10.3 Å². The lowest BCUT2D eigenvalue weighted by atomic mass is 10.0. The average Bonchev–Trinajstić information content (AvgIpc) is 2.44. The highest BCUT2D eigenvalue weighted by Gasteiger charge is 2.21. The molecular formula is C16H20FN3O. The van der Waals surface area contributed by atoms with Gasteiger partial charge in [0, 0.05) is 23.8 Å². The summed E-state index contributed by atoms with van der Waals surface area (Å²) < 4.78 is 13.5. The minimum atomic E-state index is -0.386. The molecule has 1 aromatic carbocycles. The van der Waals surface area contributed by atoms with Crippen molar-refractivity contribution in [3.05, 3.63) is 35.8 Å². The van der Waals surface area contributed by atoms with Crippen LogP contribution in [-0.2, 0) is 4.79 Å². The van der Waals surface area contributed by atoms with E-state index in [4.69, 9.17) is 0 Å². The third-order valence-corrected chi connectivity index (χ3v) is 3.41. The summed E-state index contributed by atoms with van der Waals surface area (Å²) in [6, 6.07) is 5.92. The van der Waals surface area contributed by atoms with Crippen LogP contribution >= 0.6 is 0 Å². The maximum atomic E-state index is 13.5. The van der Waals surface area contributed by atoms with Crippen molar-refractivity contribution in [2.45, 2.75) is 26.8 Å². The molecule has 112 valence electrons. The van der Waals surface area contributed by atoms with Gasteiger partial charge in [0.05, 0.1) is 5.52 Å². The van der Waals surface area contributed by atoms with E-state index in [9.17, 15) is 9.18 Å². The van der Waals surface area contributed by atoms with Gasteiger partial charge in [0.15, 0.2) is 0 Å². The molecule has 0 aliphatic heterocycles. The summed E-state index contributed by atoms with van der Waals surface area (Å²) in [6.45, 7) is 5.80. The molecule has 1 heterocycles. The van der Waals surface area contributed by atoms with Crippen LogP contribution in [0.3, 0.4) is 0 Å². The number of carbonyl (C=O) groups excluding carboxylic acids is 1. The van der Waals surface area contributed by atoms with Crippen LogP contribution in [0.1, 0.15) is 19.5 Å². The molecule has 0 aliphatic carbocycles. The number of benzene rings is 1. The third kappa shape index (κ3) is 3.29. The van der Waals surface area contributed by atoms with Crippen molar-refractivity contribution in [1.29, 1.82) is 0 Å². The second-order valence-corrected chi connectivity index (χ2v) is 5.45. The van der Waals surface area contributed by atoms with Crippen LogP contribution in [0.4, 0.5) is 10.1 Å². The Hall–Kier alpha value is -2.17. The highest BCUT2D eigenvalue weighted by atomic mass is 19.1. The topological polar surface area (TPSA) is 54.0 Å². The van der Waals surface area contributed by atoms with Crippen molar-refractivity contribution in [3.63, 3.8) is 0 Å². The predicted octanol–water partition coefficient (Wildman–Crippen LogP) is 2.86. The summed E-state index contributed by atoms with van der Waals surface area (Å²) in [4.78, 5) is 16.4. The number of likely N-dealkylation sites (N-methyl/N-ethyl adjacent to an activating group) is 1. The van der Waals surface area contributed by atoms with E-state index in [0.29, 0.717) is 10.9 Å². The molecule has 5 heteroatoms. The molecule has 2 rings (SSSR count). The van der Waals surface area contributed by atoms with Crippen molar-refractivity contribution in [2.24, 2.45) is 5.92 Å². The number of rotatable bonds is 4. The van der Waals surface area contributed by atoms with Crippen LogP contribution in [-0.4, -0.2) is 24.0 Å². The maximum absolute atomic E-state index is 13.5. The first kappa shape index (κ1) is 15.2. The van der Waals surface area contributed by atoms with Crippen LogP contribution in [0.15, 0.2) is 24.3 Å². The number of amides is 1. The number of aryl methyl sites for hydroxylation is 1. The van der Waals surface area contributed by atoms with Crippen molar-refractivity contribution < 1.29 is 9.18 Å². The summed E-state index contributed by atoms with van der Waals surface area (Å²) in [5, 5.41) is 6.55. The first-order chi connectivity index (χ1) is 9.92. The number of halogens is 1. The highest BCUT2D eigenvalue weighted by Crippen LogP contribution is 2.25. The molecule has 21 heavy (non-hydrogen) atoms.